The van der Waals surface area contributed by atoms with Crippen LogP contribution in [0.2, 0.25) is 0 Å². The van der Waals surface area contributed by atoms with Gasteiger partial charge in [-0.25, -0.2) is 4.39 Å². The van der Waals surface area contributed by atoms with Gasteiger partial charge in [-0.2, -0.15) is 0 Å². The van der Waals surface area contributed by atoms with E-state index in [1.165, 1.54) is 35.2 Å². The first-order chi connectivity index (χ1) is 9.74. The standard InChI is InChI=1S/C18H20FN/c19-16-10-8-13(9-11-16)12-15-6-3-5-14-4-1-2-7-17(14)18(15)20/h1-2,4,7-11,15,18H,3,5-6,12,20H2. The van der Waals surface area contributed by atoms with E-state index in [0.717, 1.165) is 19.3 Å². The summed E-state index contributed by atoms with van der Waals surface area (Å²) in [7, 11) is 0. The number of hydrogen-bond acceptors (Lipinski definition) is 1. The van der Waals surface area contributed by atoms with Crippen molar-refractivity contribution in [2.45, 2.75) is 31.7 Å². The normalized spacial score (nSPS) is 22.1. The van der Waals surface area contributed by atoms with Gasteiger partial charge in [0.2, 0.25) is 0 Å². The molecule has 0 aromatic heterocycles. The van der Waals surface area contributed by atoms with Gasteiger partial charge in [-0.1, -0.05) is 36.4 Å². The van der Waals surface area contributed by atoms with Crippen molar-refractivity contribution < 1.29 is 4.39 Å². The highest BCUT2D eigenvalue weighted by molar-refractivity contribution is 5.32. The van der Waals surface area contributed by atoms with Gasteiger partial charge in [0.25, 0.3) is 0 Å². The fourth-order valence-corrected chi connectivity index (χ4v) is 3.23. The zero-order valence-corrected chi connectivity index (χ0v) is 11.6. The Hall–Kier alpha value is -1.67. The van der Waals surface area contributed by atoms with Gasteiger partial charge in [-0.3, -0.25) is 0 Å². The molecule has 20 heavy (non-hydrogen) atoms. The Morgan fingerprint density at radius 3 is 2.60 bits per heavy atom. The molecule has 0 aliphatic heterocycles. The highest BCUT2D eigenvalue weighted by Gasteiger charge is 2.24. The Kier molecular flexibility index (Phi) is 3.83. The smallest absolute Gasteiger partial charge is 0.123 e. The first-order valence-corrected chi connectivity index (χ1v) is 7.32. The van der Waals surface area contributed by atoms with E-state index in [4.69, 9.17) is 5.73 Å². The number of aryl methyl sites for hydroxylation is 1. The molecule has 0 radical (unpaired) electrons. The van der Waals surface area contributed by atoms with Gasteiger partial charge in [-0.05, 0) is 60.4 Å². The van der Waals surface area contributed by atoms with Crippen LogP contribution in [0, 0.1) is 11.7 Å². The number of nitrogens with two attached hydrogens (primary N) is 1. The van der Waals surface area contributed by atoms with Crippen LogP contribution in [0.5, 0.6) is 0 Å². The molecule has 2 atom stereocenters. The maximum atomic E-state index is 13.0. The van der Waals surface area contributed by atoms with Crippen molar-refractivity contribution in [1.82, 2.24) is 0 Å². The van der Waals surface area contributed by atoms with E-state index in [1.54, 1.807) is 0 Å². The molecule has 0 spiro atoms. The van der Waals surface area contributed by atoms with Gasteiger partial charge in [0, 0.05) is 6.04 Å². The van der Waals surface area contributed by atoms with Crippen LogP contribution in [0.25, 0.3) is 0 Å². The quantitative estimate of drug-likeness (QED) is 0.819. The van der Waals surface area contributed by atoms with Crippen LogP contribution in [0.4, 0.5) is 4.39 Å². The molecule has 2 heteroatoms. The minimum Gasteiger partial charge on any atom is -0.324 e. The van der Waals surface area contributed by atoms with E-state index >= 15 is 0 Å². The monoisotopic (exact) mass is 269 g/mol. The summed E-state index contributed by atoms with van der Waals surface area (Å²) in [6.07, 6.45) is 4.35. The van der Waals surface area contributed by atoms with Gasteiger partial charge in [0.15, 0.2) is 0 Å². The second kappa shape index (κ2) is 5.76. The van der Waals surface area contributed by atoms with Crippen molar-refractivity contribution in [1.29, 1.82) is 0 Å². The van der Waals surface area contributed by atoms with E-state index in [0.29, 0.717) is 5.92 Å². The van der Waals surface area contributed by atoms with Gasteiger partial charge in [-0.15, -0.1) is 0 Å². The fraction of sp³-hybridized carbons (Fsp3) is 0.333. The van der Waals surface area contributed by atoms with Crippen LogP contribution < -0.4 is 5.73 Å². The summed E-state index contributed by atoms with van der Waals surface area (Å²) in [5.74, 6) is 0.258. The second-order valence-electron chi connectivity index (χ2n) is 5.71. The maximum absolute atomic E-state index is 13.0. The van der Waals surface area contributed by atoms with E-state index in [1.807, 2.05) is 12.1 Å². The first-order valence-electron chi connectivity index (χ1n) is 7.32. The predicted octanol–water partition coefficient (Wildman–Crippen LogP) is 4.02. The molecular formula is C18H20FN. The van der Waals surface area contributed by atoms with Crippen LogP contribution in [-0.4, -0.2) is 0 Å². The lowest BCUT2D eigenvalue weighted by Gasteiger charge is -2.23. The zero-order valence-electron chi connectivity index (χ0n) is 11.6. The third-order valence-corrected chi connectivity index (χ3v) is 4.35. The zero-order chi connectivity index (χ0) is 13.9. The Morgan fingerprint density at radius 2 is 1.80 bits per heavy atom. The summed E-state index contributed by atoms with van der Waals surface area (Å²) < 4.78 is 13.0. The van der Waals surface area contributed by atoms with Gasteiger partial charge in [0.1, 0.15) is 5.82 Å². The summed E-state index contributed by atoms with van der Waals surface area (Å²) in [5.41, 5.74) is 10.3. The van der Waals surface area contributed by atoms with Crippen molar-refractivity contribution in [2.75, 3.05) is 0 Å². The highest BCUT2D eigenvalue weighted by Crippen LogP contribution is 2.33. The summed E-state index contributed by atoms with van der Waals surface area (Å²) in [5, 5.41) is 0. The van der Waals surface area contributed by atoms with Crippen molar-refractivity contribution in [3.63, 3.8) is 0 Å². The maximum Gasteiger partial charge on any atom is 0.123 e. The van der Waals surface area contributed by atoms with Gasteiger partial charge in [0.05, 0.1) is 0 Å². The van der Waals surface area contributed by atoms with E-state index in [9.17, 15) is 4.39 Å². The van der Waals surface area contributed by atoms with Gasteiger partial charge >= 0.3 is 0 Å². The lowest BCUT2D eigenvalue weighted by Crippen LogP contribution is -2.22. The summed E-state index contributed by atoms with van der Waals surface area (Å²) >= 11 is 0. The second-order valence-corrected chi connectivity index (χ2v) is 5.71. The molecule has 2 aromatic carbocycles. The Bertz CT molecular complexity index is 576. The van der Waals surface area contributed by atoms with E-state index in [-0.39, 0.29) is 11.9 Å². The van der Waals surface area contributed by atoms with Crippen molar-refractivity contribution in [3.8, 4) is 0 Å². The average molecular weight is 269 g/mol. The lowest BCUT2D eigenvalue weighted by molar-refractivity contribution is 0.402. The first kappa shape index (κ1) is 13.3. The summed E-state index contributed by atoms with van der Waals surface area (Å²) in [4.78, 5) is 0. The number of benzene rings is 2. The number of halogens is 1. The molecule has 0 bridgehead atoms. The van der Waals surface area contributed by atoms with Crippen LogP contribution in [0.1, 0.15) is 35.6 Å². The number of rotatable bonds is 2. The topological polar surface area (TPSA) is 26.0 Å². The molecular weight excluding hydrogens is 249 g/mol. The van der Waals surface area contributed by atoms with Crippen LogP contribution in [0.15, 0.2) is 48.5 Å². The largest absolute Gasteiger partial charge is 0.324 e. The molecule has 0 amide bonds. The van der Waals surface area contributed by atoms with Crippen molar-refractivity contribution in [3.05, 3.63) is 71.0 Å². The highest BCUT2D eigenvalue weighted by atomic mass is 19.1. The Balaban J connectivity index is 1.82. The molecule has 1 aliphatic rings. The SMILES string of the molecule is NC1c2ccccc2CCCC1Cc1ccc(F)cc1. The molecule has 0 saturated heterocycles. The third kappa shape index (κ3) is 2.75. The fourth-order valence-electron chi connectivity index (χ4n) is 3.23. The predicted molar refractivity (Wildman–Crippen MR) is 79.9 cm³/mol. The molecule has 2 unspecified atom stereocenters. The van der Waals surface area contributed by atoms with Crippen molar-refractivity contribution in [2.24, 2.45) is 11.7 Å². The molecule has 0 heterocycles. The Morgan fingerprint density at radius 1 is 1.05 bits per heavy atom. The molecule has 1 aliphatic carbocycles. The summed E-state index contributed by atoms with van der Waals surface area (Å²) in [6, 6.07) is 15.4. The minimum absolute atomic E-state index is 0.0822. The van der Waals surface area contributed by atoms with E-state index < -0.39 is 0 Å². The van der Waals surface area contributed by atoms with Crippen molar-refractivity contribution >= 4 is 0 Å². The van der Waals surface area contributed by atoms with Crippen LogP contribution in [-0.2, 0) is 12.8 Å². The molecule has 3 rings (SSSR count). The molecule has 104 valence electrons. The number of hydrogen-bond donors (Lipinski definition) is 1. The third-order valence-electron chi connectivity index (χ3n) is 4.35. The molecule has 0 saturated carbocycles. The molecule has 0 fully saturated rings. The molecule has 2 aromatic rings. The van der Waals surface area contributed by atoms with Gasteiger partial charge < -0.3 is 5.73 Å². The lowest BCUT2D eigenvalue weighted by atomic mass is 9.86. The molecule has 1 nitrogen and oxygen atoms in total. The minimum atomic E-state index is -0.177. The van der Waals surface area contributed by atoms with Crippen LogP contribution in [0.3, 0.4) is 0 Å². The summed E-state index contributed by atoms with van der Waals surface area (Å²) in [6.45, 7) is 0. The van der Waals surface area contributed by atoms with Crippen LogP contribution >= 0.6 is 0 Å². The number of fused-ring (bicyclic) bond motifs is 1. The average Bonchev–Trinajstić information content (AvgIpc) is 2.62. The van der Waals surface area contributed by atoms with E-state index in [2.05, 4.69) is 24.3 Å². The Labute approximate surface area is 119 Å². The molecule has 2 N–H and O–H groups in total.